The zero-order chi connectivity index (χ0) is 13.7. The first-order valence-electron chi connectivity index (χ1n) is 7.47. The third kappa shape index (κ3) is 2.09. The molecule has 104 valence electrons. The van der Waals surface area contributed by atoms with Crippen LogP contribution in [0.3, 0.4) is 0 Å². The van der Waals surface area contributed by atoms with Crippen LogP contribution in [0.15, 0.2) is 18.2 Å². The fraction of sp³-hybridized carbons (Fsp3) is 0.500. The van der Waals surface area contributed by atoms with Gasteiger partial charge in [0.25, 0.3) is 5.91 Å². The van der Waals surface area contributed by atoms with Crippen LogP contribution in [0.1, 0.15) is 41.6 Å². The van der Waals surface area contributed by atoms with Crippen LogP contribution in [-0.4, -0.2) is 24.4 Å². The maximum atomic E-state index is 12.2. The quantitative estimate of drug-likeness (QED) is 0.911. The molecule has 0 unspecified atom stereocenters. The summed E-state index contributed by atoms with van der Waals surface area (Å²) < 4.78 is 0. The summed E-state index contributed by atoms with van der Waals surface area (Å²) in [5, 5.41) is 3.00. The van der Waals surface area contributed by atoms with Crippen molar-refractivity contribution in [3.63, 3.8) is 0 Å². The highest BCUT2D eigenvalue weighted by Crippen LogP contribution is 2.36. The molecular formula is C16H18N2O2. The predicted molar refractivity (Wildman–Crippen MR) is 75.7 cm³/mol. The van der Waals surface area contributed by atoms with Gasteiger partial charge in [0.2, 0.25) is 5.91 Å². The monoisotopic (exact) mass is 270 g/mol. The highest BCUT2D eigenvalue weighted by molar-refractivity contribution is 6.00. The van der Waals surface area contributed by atoms with E-state index in [4.69, 9.17) is 0 Å². The Kier molecular flexibility index (Phi) is 2.59. The van der Waals surface area contributed by atoms with Gasteiger partial charge in [-0.1, -0.05) is 0 Å². The first-order valence-corrected chi connectivity index (χ1v) is 7.47. The molecule has 2 fully saturated rings. The molecule has 0 atom stereocenters. The molecule has 2 amide bonds. The Labute approximate surface area is 118 Å². The van der Waals surface area contributed by atoms with Crippen molar-refractivity contribution in [2.75, 3.05) is 11.4 Å². The average Bonchev–Trinajstić information content (AvgIpc) is 3.35. The second kappa shape index (κ2) is 4.33. The molecule has 1 aliphatic heterocycles. The van der Waals surface area contributed by atoms with Gasteiger partial charge >= 0.3 is 0 Å². The minimum absolute atomic E-state index is 0.0160. The number of carbonyl (C=O) groups excluding carboxylic acids is 2. The molecule has 2 aliphatic carbocycles. The number of nitrogens with zero attached hydrogens (tertiary/aromatic N) is 1. The number of carbonyl (C=O) groups is 2. The fourth-order valence-corrected chi connectivity index (χ4v) is 2.82. The standard InChI is InChI=1S/C16H18N2O2/c19-15(17-13-4-5-13)12-3-6-14-11(9-12)7-8-18(14)16(20)10-1-2-10/h3,6,9-10,13H,1-2,4-5,7-8H2,(H,17,19). The van der Waals surface area contributed by atoms with Crippen LogP contribution in [-0.2, 0) is 11.2 Å². The lowest BCUT2D eigenvalue weighted by Gasteiger charge is -2.17. The van der Waals surface area contributed by atoms with E-state index in [-0.39, 0.29) is 17.7 Å². The highest BCUT2D eigenvalue weighted by atomic mass is 16.2. The molecule has 0 radical (unpaired) electrons. The van der Waals surface area contributed by atoms with Gasteiger partial charge in [0.1, 0.15) is 0 Å². The van der Waals surface area contributed by atoms with E-state index in [2.05, 4.69) is 5.32 Å². The second-order valence-corrected chi connectivity index (χ2v) is 6.11. The van der Waals surface area contributed by atoms with Crippen molar-refractivity contribution in [1.29, 1.82) is 0 Å². The number of fused-ring (bicyclic) bond motifs is 1. The highest BCUT2D eigenvalue weighted by Gasteiger charge is 2.36. The van der Waals surface area contributed by atoms with Crippen molar-refractivity contribution in [2.45, 2.75) is 38.1 Å². The molecule has 2 saturated carbocycles. The SMILES string of the molecule is O=C(NC1CC1)c1ccc2c(c1)CCN2C(=O)C1CC1. The van der Waals surface area contributed by atoms with Crippen LogP contribution < -0.4 is 10.2 Å². The number of hydrogen-bond donors (Lipinski definition) is 1. The summed E-state index contributed by atoms with van der Waals surface area (Å²) in [4.78, 5) is 26.1. The van der Waals surface area contributed by atoms with Crippen molar-refractivity contribution in [3.05, 3.63) is 29.3 Å². The lowest BCUT2D eigenvalue weighted by atomic mass is 10.1. The zero-order valence-electron chi connectivity index (χ0n) is 11.4. The molecular weight excluding hydrogens is 252 g/mol. The van der Waals surface area contributed by atoms with E-state index >= 15 is 0 Å². The molecule has 1 heterocycles. The zero-order valence-corrected chi connectivity index (χ0v) is 11.4. The molecule has 1 N–H and O–H groups in total. The van der Waals surface area contributed by atoms with Crippen molar-refractivity contribution in [3.8, 4) is 0 Å². The lowest BCUT2D eigenvalue weighted by molar-refractivity contribution is -0.119. The number of anilines is 1. The smallest absolute Gasteiger partial charge is 0.251 e. The van der Waals surface area contributed by atoms with E-state index in [1.54, 1.807) is 0 Å². The van der Waals surface area contributed by atoms with Gasteiger partial charge in [-0.15, -0.1) is 0 Å². The van der Waals surface area contributed by atoms with Gasteiger partial charge in [-0.25, -0.2) is 0 Å². The molecule has 0 bridgehead atoms. The van der Waals surface area contributed by atoms with Gasteiger partial charge in [0, 0.05) is 29.8 Å². The minimum atomic E-state index is 0.0160. The minimum Gasteiger partial charge on any atom is -0.349 e. The molecule has 1 aromatic carbocycles. The van der Waals surface area contributed by atoms with Crippen LogP contribution in [0, 0.1) is 5.92 Å². The Morgan fingerprint density at radius 3 is 2.65 bits per heavy atom. The van der Waals surface area contributed by atoms with Crippen molar-refractivity contribution < 1.29 is 9.59 Å². The topological polar surface area (TPSA) is 49.4 Å². The molecule has 1 aromatic rings. The van der Waals surface area contributed by atoms with E-state index in [0.717, 1.165) is 55.5 Å². The van der Waals surface area contributed by atoms with Crippen LogP contribution in [0.2, 0.25) is 0 Å². The third-order valence-corrected chi connectivity index (χ3v) is 4.34. The molecule has 0 aromatic heterocycles. The fourth-order valence-electron chi connectivity index (χ4n) is 2.82. The van der Waals surface area contributed by atoms with Gasteiger partial charge in [0.05, 0.1) is 0 Å². The second-order valence-electron chi connectivity index (χ2n) is 6.11. The van der Waals surface area contributed by atoms with Gasteiger partial charge in [0.15, 0.2) is 0 Å². The Morgan fingerprint density at radius 1 is 1.15 bits per heavy atom. The summed E-state index contributed by atoms with van der Waals surface area (Å²) in [6.07, 6.45) is 5.12. The Hall–Kier alpha value is -1.84. The van der Waals surface area contributed by atoms with Gasteiger partial charge in [-0.3, -0.25) is 9.59 Å². The van der Waals surface area contributed by atoms with E-state index in [1.807, 2.05) is 23.1 Å². The molecule has 4 nitrogen and oxygen atoms in total. The van der Waals surface area contributed by atoms with Crippen LogP contribution in [0.25, 0.3) is 0 Å². The van der Waals surface area contributed by atoms with Crippen molar-refractivity contribution in [2.24, 2.45) is 5.92 Å². The van der Waals surface area contributed by atoms with Crippen molar-refractivity contribution in [1.82, 2.24) is 5.32 Å². The molecule has 4 heteroatoms. The number of nitrogens with one attached hydrogen (secondary N) is 1. The summed E-state index contributed by atoms with van der Waals surface area (Å²) in [5.74, 6) is 0.528. The number of benzene rings is 1. The number of hydrogen-bond acceptors (Lipinski definition) is 2. The average molecular weight is 270 g/mol. The van der Waals surface area contributed by atoms with Crippen LogP contribution >= 0.6 is 0 Å². The largest absolute Gasteiger partial charge is 0.349 e. The molecule has 0 spiro atoms. The Balaban J connectivity index is 1.55. The third-order valence-electron chi connectivity index (χ3n) is 4.34. The predicted octanol–water partition coefficient (Wildman–Crippen LogP) is 1.88. The van der Waals surface area contributed by atoms with Gasteiger partial charge in [-0.05, 0) is 55.9 Å². The molecule has 20 heavy (non-hydrogen) atoms. The first kappa shape index (κ1) is 11.9. The maximum absolute atomic E-state index is 12.2. The summed E-state index contributed by atoms with van der Waals surface area (Å²) in [7, 11) is 0. The van der Waals surface area contributed by atoms with Gasteiger partial charge in [-0.2, -0.15) is 0 Å². The first-order chi connectivity index (χ1) is 9.72. The Bertz CT molecular complexity index is 588. The normalized spacial score (nSPS) is 20.7. The summed E-state index contributed by atoms with van der Waals surface area (Å²) in [6, 6.07) is 6.11. The number of amides is 2. The summed E-state index contributed by atoms with van der Waals surface area (Å²) >= 11 is 0. The lowest BCUT2D eigenvalue weighted by Crippen LogP contribution is -2.30. The van der Waals surface area contributed by atoms with Crippen LogP contribution in [0.5, 0.6) is 0 Å². The van der Waals surface area contributed by atoms with E-state index in [0.29, 0.717) is 6.04 Å². The maximum Gasteiger partial charge on any atom is 0.251 e. The molecule has 0 saturated heterocycles. The number of rotatable bonds is 3. The van der Waals surface area contributed by atoms with Crippen LogP contribution in [0.4, 0.5) is 5.69 Å². The molecule has 3 aliphatic rings. The van der Waals surface area contributed by atoms with E-state index < -0.39 is 0 Å². The summed E-state index contributed by atoms with van der Waals surface area (Å²) in [5.41, 5.74) is 2.85. The van der Waals surface area contributed by atoms with E-state index in [1.165, 1.54) is 0 Å². The van der Waals surface area contributed by atoms with Crippen molar-refractivity contribution >= 4 is 17.5 Å². The molecule has 4 rings (SSSR count). The summed E-state index contributed by atoms with van der Waals surface area (Å²) in [6.45, 7) is 0.762. The van der Waals surface area contributed by atoms with E-state index in [9.17, 15) is 9.59 Å². The van der Waals surface area contributed by atoms with Gasteiger partial charge < -0.3 is 10.2 Å². The Morgan fingerprint density at radius 2 is 1.95 bits per heavy atom.